The highest BCUT2D eigenvalue weighted by Gasteiger charge is 2.18. The molecule has 1 amide bonds. The molecule has 0 N–H and O–H groups in total. The van der Waals surface area contributed by atoms with Gasteiger partial charge in [-0.1, -0.05) is 6.07 Å². The molecule has 86 valence electrons. The van der Waals surface area contributed by atoms with Crippen LogP contribution >= 0.6 is 0 Å². The number of pyridine rings is 2. The Bertz CT molecular complexity index is 530. The van der Waals surface area contributed by atoms with Gasteiger partial charge in [-0.05, 0) is 24.3 Å². The number of hydrogen-bond donors (Lipinski definition) is 0. The molecular weight excluding hydrogens is 221 g/mol. The van der Waals surface area contributed by atoms with Gasteiger partial charge in [0.15, 0.2) is 0 Å². The maximum absolute atomic E-state index is 13.3. The third-order valence-corrected chi connectivity index (χ3v) is 2.29. The summed E-state index contributed by atoms with van der Waals surface area (Å²) >= 11 is 0. The van der Waals surface area contributed by atoms with Crippen molar-refractivity contribution in [2.45, 2.75) is 0 Å². The summed E-state index contributed by atoms with van der Waals surface area (Å²) in [5.41, 5.74) is -0.0688. The zero-order chi connectivity index (χ0) is 12.3. The van der Waals surface area contributed by atoms with Crippen molar-refractivity contribution in [2.75, 3.05) is 11.9 Å². The molecule has 0 bridgehead atoms. The molecule has 0 radical (unpaired) electrons. The second-order valence-electron chi connectivity index (χ2n) is 3.39. The van der Waals surface area contributed by atoms with E-state index in [0.29, 0.717) is 5.82 Å². The Balaban J connectivity index is 2.30. The smallest absolute Gasteiger partial charge is 0.263 e. The first-order chi connectivity index (χ1) is 8.20. The fraction of sp³-hybridized carbons (Fsp3) is 0.0833. The lowest BCUT2D eigenvalue weighted by Gasteiger charge is -2.15. The molecule has 0 fully saturated rings. The summed E-state index contributed by atoms with van der Waals surface area (Å²) in [4.78, 5) is 20.7. The highest BCUT2D eigenvalue weighted by Crippen LogP contribution is 2.12. The molecule has 0 aliphatic rings. The predicted molar refractivity (Wildman–Crippen MR) is 61.2 cm³/mol. The van der Waals surface area contributed by atoms with Gasteiger partial charge in [0.05, 0.1) is 5.56 Å². The number of carbonyl (C=O) groups is 1. The van der Waals surface area contributed by atoms with Crippen molar-refractivity contribution >= 4 is 11.7 Å². The van der Waals surface area contributed by atoms with Gasteiger partial charge in [-0.15, -0.1) is 0 Å². The fourth-order valence-electron chi connectivity index (χ4n) is 1.38. The Morgan fingerprint density at radius 1 is 1.18 bits per heavy atom. The van der Waals surface area contributed by atoms with Gasteiger partial charge in [-0.2, -0.15) is 4.39 Å². The molecule has 0 aliphatic heterocycles. The monoisotopic (exact) mass is 231 g/mol. The van der Waals surface area contributed by atoms with E-state index in [2.05, 4.69) is 9.97 Å². The van der Waals surface area contributed by atoms with Gasteiger partial charge in [0.1, 0.15) is 5.82 Å². The number of anilines is 1. The lowest BCUT2D eigenvalue weighted by atomic mass is 10.2. The average molecular weight is 231 g/mol. The quantitative estimate of drug-likeness (QED) is 0.741. The summed E-state index contributed by atoms with van der Waals surface area (Å²) in [6, 6.07) is 8.08. The Kier molecular flexibility index (Phi) is 3.09. The van der Waals surface area contributed by atoms with Crippen LogP contribution < -0.4 is 4.90 Å². The molecule has 0 spiro atoms. The van der Waals surface area contributed by atoms with E-state index in [1.54, 1.807) is 24.4 Å². The number of nitrogens with zero attached hydrogens (tertiary/aromatic N) is 3. The third-order valence-electron chi connectivity index (χ3n) is 2.29. The molecule has 2 aromatic rings. The van der Waals surface area contributed by atoms with Crippen LogP contribution in [-0.2, 0) is 0 Å². The Morgan fingerprint density at radius 2 is 1.94 bits per heavy atom. The van der Waals surface area contributed by atoms with E-state index in [4.69, 9.17) is 0 Å². The van der Waals surface area contributed by atoms with E-state index in [9.17, 15) is 9.18 Å². The summed E-state index contributed by atoms with van der Waals surface area (Å²) in [7, 11) is 1.54. The fourth-order valence-corrected chi connectivity index (χ4v) is 1.38. The van der Waals surface area contributed by atoms with Crippen LogP contribution in [0.5, 0.6) is 0 Å². The Hall–Kier alpha value is -2.30. The second-order valence-corrected chi connectivity index (χ2v) is 3.39. The minimum Gasteiger partial charge on any atom is -0.296 e. The van der Waals surface area contributed by atoms with Crippen LogP contribution in [0.3, 0.4) is 0 Å². The molecule has 5 heteroatoms. The standard InChI is InChI=1S/C12H10FN3O/c1-16(10-6-2-3-7-14-10)12(17)9-5-4-8-15-11(9)13/h2-8H,1H3. The molecule has 0 aliphatic carbocycles. The van der Waals surface area contributed by atoms with Crippen molar-refractivity contribution in [3.8, 4) is 0 Å². The summed E-state index contributed by atoms with van der Waals surface area (Å²) in [6.07, 6.45) is 2.87. The van der Waals surface area contributed by atoms with Crippen LogP contribution in [0.15, 0.2) is 42.7 Å². The van der Waals surface area contributed by atoms with Crippen LogP contribution in [0, 0.1) is 5.95 Å². The van der Waals surface area contributed by atoms with Crippen LogP contribution in [0.25, 0.3) is 0 Å². The lowest BCUT2D eigenvalue weighted by molar-refractivity contribution is 0.0987. The number of rotatable bonds is 2. The van der Waals surface area contributed by atoms with Crippen LogP contribution in [0.2, 0.25) is 0 Å². The molecule has 2 heterocycles. The molecule has 0 unspecified atom stereocenters. The maximum Gasteiger partial charge on any atom is 0.263 e. The molecule has 0 aromatic carbocycles. The molecule has 0 saturated carbocycles. The van der Waals surface area contributed by atoms with Crippen molar-refractivity contribution in [1.29, 1.82) is 0 Å². The van der Waals surface area contributed by atoms with Crippen molar-refractivity contribution in [1.82, 2.24) is 9.97 Å². The number of halogens is 1. The SMILES string of the molecule is CN(C(=O)c1cccnc1F)c1ccccn1. The van der Waals surface area contributed by atoms with Gasteiger partial charge in [-0.25, -0.2) is 9.97 Å². The summed E-state index contributed by atoms with van der Waals surface area (Å²) < 4.78 is 13.3. The molecule has 2 aromatic heterocycles. The van der Waals surface area contributed by atoms with E-state index < -0.39 is 11.9 Å². The Labute approximate surface area is 97.7 Å². The highest BCUT2D eigenvalue weighted by atomic mass is 19.1. The minimum atomic E-state index is -0.778. The zero-order valence-corrected chi connectivity index (χ0v) is 9.17. The topological polar surface area (TPSA) is 46.1 Å². The number of hydrogen-bond acceptors (Lipinski definition) is 3. The van der Waals surface area contributed by atoms with Crippen molar-refractivity contribution in [3.63, 3.8) is 0 Å². The van der Waals surface area contributed by atoms with Crippen molar-refractivity contribution < 1.29 is 9.18 Å². The first-order valence-corrected chi connectivity index (χ1v) is 5.00. The van der Waals surface area contributed by atoms with E-state index in [-0.39, 0.29) is 5.56 Å². The molecular formula is C12H10FN3O. The Morgan fingerprint density at radius 3 is 2.59 bits per heavy atom. The van der Waals surface area contributed by atoms with Crippen LogP contribution in [0.1, 0.15) is 10.4 Å². The van der Waals surface area contributed by atoms with E-state index >= 15 is 0 Å². The first-order valence-electron chi connectivity index (χ1n) is 5.00. The molecule has 0 atom stereocenters. The number of carbonyl (C=O) groups excluding carboxylic acids is 1. The average Bonchev–Trinajstić information content (AvgIpc) is 2.39. The van der Waals surface area contributed by atoms with Gasteiger partial charge in [0, 0.05) is 19.4 Å². The molecule has 0 saturated heterocycles. The first kappa shape index (κ1) is 11.2. The van der Waals surface area contributed by atoms with Crippen LogP contribution in [-0.4, -0.2) is 22.9 Å². The predicted octanol–water partition coefficient (Wildman–Crippen LogP) is 1.89. The van der Waals surface area contributed by atoms with Crippen molar-refractivity contribution in [2.24, 2.45) is 0 Å². The normalized spacial score (nSPS) is 10.0. The van der Waals surface area contributed by atoms with Gasteiger partial charge >= 0.3 is 0 Å². The van der Waals surface area contributed by atoms with Gasteiger partial charge in [0.2, 0.25) is 5.95 Å². The van der Waals surface area contributed by atoms with E-state index in [1.165, 1.54) is 30.3 Å². The minimum absolute atomic E-state index is 0.0688. The highest BCUT2D eigenvalue weighted by molar-refractivity contribution is 6.05. The lowest BCUT2D eigenvalue weighted by Crippen LogP contribution is -2.28. The van der Waals surface area contributed by atoms with Gasteiger partial charge < -0.3 is 0 Å². The zero-order valence-electron chi connectivity index (χ0n) is 9.17. The number of aromatic nitrogens is 2. The summed E-state index contributed by atoms with van der Waals surface area (Å²) in [6.45, 7) is 0. The maximum atomic E-state index is 13.3. The second kappa shape index (κ2) is 4.69. The molecule has 2 rings (SSSR count). The van der Waals surface area contributed by atoms with Crippen molar-refractivity contribution in [3.05, 3.63) is 54.2 Å². The van der Waals surface area contributed by atoms with E-state index in [0.717, 1.165) is 0 Å². The molecule has 4 nitrogen and oxygen atoms in total. The third kappa shape index (κ3) is 2.28. The number of amides is 1. The largest absolute Gasteiger partial charge is 0.296 e. The van der Waals surface area contributed by atoms with Crippen LogP contribution in [0.4, 0.5) is 10.2 Å². The molecule has 17 heavy (non-hydrogen) atoms. The van der Waals surface area contributed by atoms with E-state index in [1.807, 2.05) is 0 Å². The summed E-state index contributed by atoms with van der Waals surface area (Å²) in [5.74, 6) is -0.796. The summed E-state index contributed by atoms with van der Waals surface area (Å²) in [5, 5.41) is 0. The van der Waals surface area contributed by atoms with Gasteiger partial charge in [0.25, 0.3) is 5.91 Å². The van der Waals surface area contributed by atoms with Gasteiger partial charge in [-0.3, -0.25) is 9.69 Å².